The predicted molar refractivity (Wildman–Crippen MR) is 47.2 cm³/mol. The highest BCUT2D eigenvalue weighted by molar-refractivity contribution is 5.86. The van der Waals surface area contributed by atoms with Crippen LogP contribution in [0.1, 0.15) is 23.2 Å². The monoisotopic (exact) mass is 194 g/mol. The minimum Gasteiger partial charge on any atom is -0.478 e. The lowest BCUT2D eigenvalue weighted by molar-refractivity contribution is 0.0695. The minimum atomic E-state index is -1.03. The number of hydrogen-bond acceptors (Lipinski definition) is 4. The van der Waals surface area contributed by atoms with Crippen molar-refractivity contribution >= 4 is 5.97 Å². The first-order chi connectivity index (χ1) is 6.75. The van der Waals surface area contributed by atoms with Crippen molar-refractivity contribution in [2.24, 2.45) is 5.92 Å². The van der Waals surface area contributed by atoms with Gasteiger partial charge in [-0.1, -0.05) is 0 Å². The SMILES string of the molecule is O=C(O)c1cnc(OCC2CC2)nc1. The molecule has 0 unspecified atom stereocenters. The van der Waals surface area contributed by atoms with Crippen molar-refractivity contribution in [3.8, 4) is 6.01 Å². The first-order valence-corrected chi connectivity index (χ1v) is 4.44. The lowest BCUT2D eigenvalue weighted by atomic mass is 10.4. The summed E-state index contributed by atoms with van der Waals surface area (Å²) in [6.45, 7) is 0.631. The molecule has 1 fully saturated rings. The Kier molecular flexibility index (Phi) is 2.30. The van der Waals surface area contributed by atoms with E-state index < -0.39 is 5.97 Å². The van der Waals surface area contributed by atoms with Crippen molar-refractivity contribution in [1.29, 1.82) is 0 Å². The average Bonchev–Trinajstić information content (AvgIpc) is 2.99. The van der Waals surface area contributed by atoms with Crippen LogP contribution in [0.4, 0.5) is 0 Å². The fraction of sp³-hybridized carbons (Fsp3) is 0.444. The first-order valence-electron chi connectivity index (χ1n) is 4.44. The summed E-state index contributed by atoms with van der Waals surface area (Å²) in [4.78, 5) is 18.0. The summed E-state index contributed by atoms with van der Waals surface area (Å²) in [6.07, 6.45) is 4.90. The van der Waals surface area contributed by atoms with Crippen LogP contribution in [0.25, 0.3) is 0 Å². The highest BCUT2D eigenvalue weighted by atomic mass is 16.5. The highest BCUT2D eigenvalue weighted by Gasteiger charge is 2.22. The van der Waals surface area contributed by atoms with Gasteiger partial charge in [0.05, 0.1) is 12.2 Å². The maximum Gasteiger partial charge on any atom is 0.338 e. The van der Waals surface area contributed by atoms with E-state index in [0.717, 1.165) is 0 Å². The molecule has 0 bridgehead atoms. The van der Waals surface area contributed by atoms with E-state index in [0.29, 0.717) is 12.5 Å². The normalized spacial score (nSPS) is 15.1. The molecule has 0 amide bonds. The molecule has 5 nitrogen and oxygen atoms in total. The Labute approximate surface area is 80.8 Å². The van der Waals surface area contributed by atoms with Gasteiger partial charge in [-0.3, -0.25) is 0 Å². The quantitative estimate of drug-likeness (QED) is 0.772. The summed E-state index contributed by atoms with van der Waals surface area (Å²) < 4.78 is 5.25. The van der Waals surface area contributed by atoms with Crippen molar-refractivity contribution in [2.45, 2.75) is 12.8 Å². The Morgan fingerprint density at radius 1 is 1.50 bits per heavy atom. The summed E-state index contributed by atoms with van der Waals surface area (Å²) in [7, 11) is 0. The summed E-state index contributed by atoms with van der Waals surface area (Å²) in [5.41, 5.74) is 0.0729. The molecule has 1 heterocycles. The summed E-state index contributed by atoms with van der Waals surface area (Å²) in [5, 5.41) is 8.58. The maximum absolute atomic E-state index is 10.5. The van der Waals surface area contributed by atoms with E-state index in [2.05, 4.69) is 9.97 Å². The smallest absolute Gasteiger partial charge is 0.338 e. The Hall–Kier alpha value is -1.65. The van der Waals surface area contributed by atoms with E-state index in [9.17, 15) is 4.79 Å². The zero-order chi connectivity index (χ0) is 9.97. The number of nitrogens with zero attached hydrogens (tertiary/aromatic N) is 2. The Bertz CT molecular complexity index is 332. The zero-order valence-corrected chi connectivity index (χ0v) is 7.51. The van der Waals surface area contributed by atoms with Crippen LogP contribution in [-0.2, 0) is 0 Å². The molecule has 1 aromatic heterocycles. The van der Waals surface area contributed by atoms with Crippen LogP contribution in [0.15, 0.2) is 12.4 Å². The Morgan fingerprint density at radius 2 is 2.14 bits per heavy atom. The van der Waals surface area contributed by atoms with Crippen LogP contribution in [0.2, 0.25) is 0 Å². The largest absolute Gasteiger partial charge is 0.478 e. The number of aromatic carboxylic acids is 1. The number of rotatable bonds is 4. The summed E-state index contributed by atoms with van der Waals surface area (Å²) in [6, 6.07) is 0.252. The number of carbonyl (C=O) groups is 1. The predicted octanol–water partition coefficient (Wildman–Crippen LogP) is 0.964. The fourth-order valence-electron chi connectivity index (χ4n) is 0.978. The first kappa shape index (κ1) is 8.93. The highest BCUT2D eigenvalue weighted by Crippen LogP contribution is 2.28. The second-order valence-corrected chi connectivity index (χ2v) is 3.31. The molecular weight excluding hydrogens is 184 g/mol. The molecule has 1 aliphatic rings. The molecule has 1 aromatic rings. The third-order valence-corrected chi connectivity index (χ3v) is 2.02. The molecule has 0 saturated heterocycles. The number of hydrogen-bond donors (Lipinski definition) is 1. The summed E-state index contributed by atoms with van der Waals surface area (Å²) >= 11 is 0. The third-order valence-electron chi connectivity index (χ3n) is 2.02. The van der Waals surface area contributed by atoms with E-state index in [1.807, 2.05) is 0 Å². The molecule has 74 valence electrons. The molecule has 0 radical (unpaired) electrons. The van der Waals surface area contributed by atoms with Crippen molar-refractivity contribution in [2.75, 3.05) is 6.61 Å². The Balaban J connectivity index is 1.94. The molecule has 0 aromatic carbocycles. The van der Waals surface area contributed by atoms with Crippen LogP contribution in [0, 0.1) is 5.92 Å². The number of carboxylic acids is 1. The lowest BCUT2D eigenvalue weighted by Crippen LogP contribution is -2.04. The molecule has 2 rings (SSSR count). The molecular formula is C9H10N2O3. The third kappa shape index (κ3) is 2.18. The fourth-order valence-corrected chi connectivity index (χ4v) is 0.978. The number of carboxylic acid groups (broad SMARTS) is 1. The molecule has 0 aliphatic heterocycles. The van der Waals surface area contributed by atoms with Gasteiger partial charge in [0.2, 0.25) is 0 Å². The second kappa shape index (κ2) is 3.61. The van der Waals surface area contributed by atoms with Crippen LogP contribution in [0.5, 0.6) is 6.01 Å². The van der Waals surface area contributed by atoms with E-state index in [1.165, 1.54) is 25.2 Å². The van der Waals surface area contributed by atoms with Gasteiger partial charge in [-0.05, 0) is 18.8 Å². The molecule has 1 saturated carbocycles. The summed E-state index contributed by atoms with van der Waals surface area (Å²) in [5.74, 6) is -0.392. The standard InChI is InChI=1S/C9H10N2O3/c12-8(13)7-3-10-9(11-4-7)14-5-6-1-2-6/h3-4,6H,1-2,5H2,(H,12,13). The van der Waals surface area contributed by atoms with Gasteiger partial charge in [-0.15, -0.1) is 0 Å². The van der Waals surface area contributed by atoms with Crippen molar-refractivity contribution in [3.05, 3.63) is 18.0 Å². The Morgan fingerprint density at radius 3 is 2.64 bits per heavy atom. The van der Waals surface area contributed by atoms with Crippen molar-refractivity contribution < 1.29 is 14.6 Å². The molecule has 1 aliphatic carbocycles. The average molecular weight is 194 g/mol. The van der Waals surface area contributed by atoms with Crippen LogP contribution in [0.3, 0.4) is 0 Å². The van der Waals surface area contributed by atoms with Crippen LogP contribution >= 0.6 is 0 Å². The van der Waals surface area contributed by atoms with Crippen LogP contribution in [-0.4, -0.2) is 27.7 Å². The molecule has 0 atom stereocenters. The van der Waals surface area contributed by atoms with E-state index in [-0.39, 0.29) is 11.6 Å². The molecule has 0 spiro atoms. The topological polar surface area (TPSA) is 72.3 Å². The number of ether oxygens (including phenoxy) is 1. The van der Waals surface area contributed by atoms with Gasteiger partial charge in [0, 0.05) is 12.4 Å². The maximum atomic E-state index is 10.5. The van der Waals surface area contributed by atoms with Gasteiger partial charge in [0.1, 0.15) is 0 Å². The zero-order valence-electron chi connectivity index (χ0n) is 7.51. The minimum absolute atomic E-state index is 0.0729. The van der Waals surface area contributed by atoms with Gasteiger partial charge in [0.25, 0.3) is 0 Å². The van der Waals surface area contributed by atoms with E-state index in [1.54, 1.807) is 0 Å². The number of aromatic nitrogens is 2. The van der Waals surface area contributed by atoms with Crippen LogP contribution < -0.4 is 4.74 Å². The van der Waals surface area contributed by atoms with Gasteiger partial charge in [-0.2, -0.15) is 0 Å². The van der Waals surface area contributed by atoms with Gasteiger partial charge in [-0.25, -0.2) is 14.8 Å². The van der Waals surface area contributed by atoms with Gasteiger partial charge >= 0.3 is 12.0 Å². The molecule has 14 heavy (non-hydrogen) atoms. The van der Waals surface area contributed by atoms with Crippen molar-refractivity contribution in [1.82, 2.24) is 9.97 Å². The van der Waals surface area contributed by atoms with Crippen molar-refractivity contribution in [3.63, 3.8) is 0 Å². The second-order valence-electron chi connectivity index (χ2n) is 3.31. The lowest BCUT2D eigenvalue weighted by Gasteiger charge is -2.01. The van der Waals surface area contributed by atoms with E-state index >= 15 is 0 Å². The van der Waals surface area contributed by atoms with Gasteiger partial charge < -0.3 is 9.84 Å². The molecule has 5 heteroatoms. The van der Waals surface area contributed by atoms with E-state index in [4.69, 9.17) is 9.84 Å². The van der Waals surface area contributed by atoms with Gasteiger partial charge in [0.15, 0.2) is 0 Å². The molecule has 1 N–H and O–H groups in total.